The van der Waals surface area contributed by atoms with Gasteiger partial charge in [-0.15, -0.1) is 0 Å². The number of nitrogens with zero attached hydrogens (tertiary/aromatic N) is 2. The molecule has 0 saturated carbocycles. The van der Waals surface area contributed by atoms with Gasteiger partial charge in [0.05, 0.1) is 6.04 Å². The van der Waals surface area contributed by atoms with Crippen LogP contribution in [-0.4, -0.2) is 56.7 Å². The van der Waals surface area contributed by atoms with Crippen molar-refractivity contribution in [2.45, 2.75) is 12.5 Å². The Morgan fingerprint density at radius 3 is 2.73 bits per heavy atom. The molecule has 3 amide bonds. The Balaban J connectivity index is 1.72. The highest BCUT2D eigenvalue weighted by atomic mass is 16.6. The molecule has 1 unspecified atom stereocenters. The normalized spacial score (nSPS) is 20.0. The molecule has 2 heterocycles. The third-order valence-corrected chi connectivity index (χ3v) is 3.70. The fraction of sp³-hybridized carbons (Fsp3) is 0.467. The minimum Gasteiger partial charge on any atom is -0.486 e. The maximum atomic E-state index is 12.2. The van der Waals surface area contributed by atoms with Crippen molar-refractivity contribution in [2.24, 2.45) is 0 Å². The lowest BCUT2D eigenvalue weighted by atomic mass is 10.2. The Kier molecular flexibility index (Phi) is 3.79. The number of hydrogen-bond donors (Lipinski definition) is 1. The molecule has 2 aliphatic rings. The molecular formula is C15H19N3O4. The summed E-state index contributed by atoms with van der Waals surface area (Å²) < 4.78 is 11.0. The van der Waals surface area contributed by atoms with Crippen LogP contribution >= 0.6 is 0 Å². The lowest BCUT2D eigenvalue weighted by Gasteiger charge is -2.22. The third-order valence-electron chi connectivity index (χ3n) is 3.70. The zero-order valence-electron chi connectivity index (χ0n) is 12.7. The van der Waals surface area contributed by atoms with Crippen molar-refractivity contribution in [3.05, 3.63) is 18.2 Å². The van der Waals surface area contributed by atoms with Crippen LogP contribution in [0.25, 0.3) is 0 Å². The molecule has 0 radical (unpaired) electrons. The van der Waals surface area contributed by atoms with Crippen LogP contribution in [0.2, 0.25) is 0 Å². The summed E-state index contributed by atoms with van der Waals surface area (Å²) in [5, 5.41) is 2.84. The largest absolute Gasteiger partial charge is 0.486 e. The van der Waals surface area contributed by atoms with E-state index in [0.717, 1.165) is 5.69 Å². The molecule has 0 bridgehead atoms. The minimum atomic E-state index is -0.193. The van der Waals surface area contributed by atoms with E-state index in [9.17, 15) is 9.59 Å². The van der Waals surface area contributed by atoms with Crippen LogP contribution in [0.3, 0.4) is 0 Å². The number of hydrogen-bond acceptors (Lipinski definition) is 4. The predicted octanol–water partition coefficient (Wildman–Crippen LogP) is 0.834. The topological polar surface area (TPSA) is 71.1 Å². The molecule has 2 aliphatic heterocycles. The molecule has 3 rings (SSSR count). The van der Waals surface area contributed by atoms with Crippen LogP contribution in [0.5, 0.6) is 11.5 Å². The van der Waals surface area contributed by atoms with E-state index in [4.69, 9.17) is 9.47 Å². The smallest absolute Gasteiger partial charge is 0.317 e. The van der Waals surface area contributed by atoms with Gasteiger partial charge in [0, 0.05) is 38.8 Å². The Morgan fingerprint density at radius 2 is 2.00 bits per heavy atom. The van der Waals surface area contributed by atoms with Gasteiger partial charge >= 0.3 is 6.03 Å². The highest BCUT2D eigenvalue weighted by molar-refractivity contribution is 5.97. The lowest BCUT2D eigenvalue weighted by molar-refractivity contribution is -0.117. The van der Waals surface area contributed by atoms with Crippen molar-refractivity contribution in [1.82, 2.24) is 10.2 Å². The van der Waals surface area contributed by atoms with Gasteiger partial charge < -0.3 is 24.6 Å². The van der Waals surface area contributed by atoms with Crippen molar-refractivity contribution >= 4 is 17.6 Å². The molecule has 1 aromatic carbocycles. The number of amides is 3. The first-order chi connectivity index (χ1) is 10.5. The van der Waals surface area contributed by atoms with E-state index in [1.807, 2.05) is 18.2 Å². The first kappa shape index (κ1) is 14.5. The van der Waals surface area contributed by atoms with E-state index in [-0.39, 0.29) is 18.0 Å². The van der Waals surface area contributed by atoms with Crippen molar-refractivity contribution in [2.75, 3.05) is 38.8 Å². The maximum Gasteiger partial charge on any atom is 0.317 e. The zero-order chi connectivity index (χ0) is 15.7. The van der Waals surface area contributed by atoms with Crippen molar-refractivity contribution in [1.29, 1.82) is 0 Å². The Bertz CT molecular complexity index is 602. The molecule has 0 spiro atoms. The molecule has 118 valence electrons. The monoisotopic (exact) mass is 305 g/mol. The van der Waals surface area contributed by atoms with Gasteiger partial charge in [-0.2, -0.15) is 0 Å². The van der Waals surface area contributed by atoms with Crippen LogP contribution in [0.4, 0.5) is 10.5 Å². The van der Waals surface area contributed by atoms with Crippen LogP contribution in [0.15, 0.2) is 18.2 Å². The van der Waals surface area contributed by atoms with Gasteiger partial charge in [0.25, 0.3) is 0 Å². The highest BCUT2D eigenvalue weighted by Crippen LogP contribution is 2.35. The van der Waals surface area contributed by atoms with E-state index in [2.05, 4.69) is 5.32 Å². The molecular weight excluding hydrogens is 286 g/mol. The molecule has 7 nitrogen and oxygen atoms in total. The Labute approximate surface area is 128 Å². The number of fused-ring (bicyclic) bond motifs is 1. The summed E-state index contributed by atoms with van der Waals surface area (Å²) in [5.74, 6) is 1.33. The standard InChI is InChI=1S/C15H19N3O4/c1-17(2)15(20)16-10-7-14(19)18(9-10)11-3-4-12-13(8-11)22-6-5-21-12/h3-4,8,10H,5-7,9H2,1-2H3,(H,16,20). The average Bonchev–Trinajstić information content (AvgIpc) is 2.87. The first-order valence-corrected chi connectivity index (χ1v) is 7.22. The third kappa shape index (κ3) is 2.79. The molecule has 0 aliphatic carbocycles. The van der Waals surface area contributed by atoms with E-state index < -0.39 is 0 Å². The fourth-order valence-electron chi connectivity index (χ4n) is 2.56. The van der Waals surface area contributed by atoms with Crippen LogP contribution in [0, 0.1) is 0 Å². The molecule has 1 saturated heterocycles. The fourth-order valence-corrected chi connectivity index (χ4v) is 2.56. The van der Waals surface area contributed by atoms with Gasteiger partial charge in [0.2, 0.25) is 5.91 Å². The highest BCUT2D eigenvalue weighted by Gasteiger charge is 2.32. The number of benzene rings is 1. The van der Waals surface area contributed by atoms with E-state index >= 15 is 0 Å². The number of ether oxygens (including phenoxy) is 2. The summed E-state index contributed by atoms with van der Waals surface area (Å²) in [4.78, 5) is 27.0. The number of carbonyl (C=O) groups excluding carboxylic acids is 2. The van der Waals surface area contributed by atoms with Crippen LogP contribution < -0.4 is 19.7 Å². The molecule has 7 heteroatoms. The van der Waals surface area contributed by atoms with Crippen LogP contribution in [0.1, 0.15) is 6.42 Å². The van der Waals surface area contributed by atoms with Gasteiger partial charge in [-0.05, 0) is 12.1 Å². The quantitative estimate of drug-likeness (QED) is 0.879. The summed E-state index contributed by atoms with van der Waals surface area (Å²) in [6.07, 6.45) is 0.300. The van der Waals surface area contributed by atoms with Gasteiger partial charge in [-0.3, -0.25) is 4.79 Å². The Morgan fingerprint density at radius 1 is 1.27 bits per heavy atom. The van der Waals surface area contributed by atoms with Gasteiger partial charge in [-0.1, -0.05) is 0 Å². The number of nitrogens with one attached hydrogen (secondary N) is 1. The van der Waals surface area contributed by atoms with Crippen molar-refractivity contribution < 1.29 is 19.1 Å². The van der Waals surface area contributed by atoms with Crippen LogP contribution in [-0.2, 0) is 4.79 Å². The Hall–Kier alpha value is -2.44. The summed E-state index contributed by atoms with van der Waals surface area (Å²) in [6.45, 7) is 1.50. The lowest BCUT2D eigenvalue weighted by Crippen LogP contribution is -2.42. The first-order valence-electron chi connectivity index (χ1n) is 7.22. The zero-order valence-corrected chi connectivity index (χ0v) is 12.7. The predicted molar refractivity (Wildman–Crippen MR) is 80.4 cm³/mol. The summed E-state index contributed by atoms with van der Waals surface area (Å²) >= 11 is 0. The molecule has 1 aromatic rings. The van der Waals surface area contributed by atoms with E-state index in [1.54, 1.807) is 19.0 Å². The molecule has 1 fully saturated rings. The summed E-state index contributed by atoms with van der Waals surface area (Å²) in [5.41, 5.74) is 0.760. The van der Waals surface area contributed by atoms with Gasteiger partial charge in [0.1, 0.15) is 13.2 Å². The van der Waals surface area contributed by atoms with Crippen molar-refractivity contribution in [3.8, 4) is 11.5 Å². The summed E-state index contributed by atoms with van der Waals surface area (Å²) in [6, 6.07) is 5.07. The number of urea groups is 1. The average molecular weight is 305 g/mol. The van der Waals surface area contributed by atoms with Crippen molar-refractivity contribution in [3.63, 3.8) is 0 Å². The number of anilines is 1. The van der Waals surface area contributed by atoms with E-state index in [0.29, 0.717) is 37.7 Å². The second-order valence-electron chi connectivity index (χ2n) is 5.58. The molecule has 0 aromatic heterocycles. The summed E-state index contributed by atoms with van der Waals surface area (Å²) in [7, 11) is 3.34. The second kappa shape index (κ2) is 5.75. The van der Waals surface area contributed by atoms with E-state index in [1.165, 1.54) is 4.90 Å². The van der Waals surface area contributed by atoms with Gasteiger partial charge in [0.15, 0.2) is 11.5 Å². The van der Waals surface area contributed by atoms with Gasteiger partial charge in [-0.25, -0.2) is 4.79 Å². The molecule has 1 N–H and O–H groups in total. The minimum absolute atomic E-state index is 0.0132. The molecule has 22 heavy (non-hydrogen) atoms. The SMILES string of the molecule is CN(C)C(=O)NC1CC(=O)N(c2ccc3c(c2)OCCO3)C1. The maximum absolute atomic E-state index is 12.2. The second-order valence-corrected chi connectivity index (χ2v) is 5.58. The number of rotatable bonds is 2. The molecule has 1 atom stereocenters. The number of carbonyl (C=O) groups is 2.